The Morgan fingerprint density at radius 1 is 1.18 bits per heavy atom. The number of aliphatic hydroxyl groups is 1. The van der Waals surface area contributed by atoms with E-state index in [1.165, 1.54) is 5.56 Å². The van der Waals surface area contributed by atoms with Gasteiger partial charge in [-0.05, 0) is 44.2 Å². The first kappa shape index (κ1) is 20.9. The molecule has 4 atom stereocenters. The molecule has 4 N–H and O–H groups in total. The van der Waals surface area contributed by atoms with Crippen molar-refractivity contribution < 1.29 is 5.11 Å². The van der Waals surface area contributed by atoms with Gasteiger partial charge in [0.05, 0.1) is 17.8 Å². The van der Waals surface area contributed by atoms with Gasteiger partial charge in [-0.1, -0.05) is 24.6 Å². The molecule has 6 rings (SSSR count). The van der Waals surface area contributed by atoms with Crippen LogP contribution in [0.2, 0.25) is 0 Å². The lowest BCUT2D eigenvalue weighted by Crippen LogP contribution is -2.49. The Labute approximate surface area is 194 Å². The van der Waals surface area contributed by atoms with Crippen molar-refractivity contribution in [1.82, 2.24) is 19.5 Å². The molecule has 3 aliphatic rings. The summed E-state index contributed by atoms with van der Waals surface area (Å²) in [5, 5.41) is 19.9. The monoisotopic (exact) mass is 447 g/mol. The van der Waals surface area contributed by atoms with Crippen LogP contribution in [0.1, 0.15) is 48.5 Å². The van der Waals surface area contributed by atoms with E-state index in [2.05, 4.69) is 52.5 Å². The molecule has 2 saturated heterocycles. The zero-order valence-corrected chi connectivity index (χ0v) is 19.2. The highest BCUT2D eigenvalue weighted by atomic mass is 16.3. The van der Waals surface area contributed by atoms with Crippen LogP contribution < -0.4 is 16.0 Å². The minimum absolute atomic E-state index is 0.00798. The Morgan fingerprint density at radius 3 is 2.88 bits per heavy atom. The third kappa shape index (κ3) is 3.76. The Hall–Kier alpha value is -2.68. The summed E-state index contributed by atoms with van der Waals surface area (Å²) >= 11 is 0. The van der Waals surface area contributed by atoms with Crippen LogP contribution in [0.5, 0.6) is 0 Å². The van der Waals surface area contributed by atoms with Crippen molar-refractivity contribution in [2.24, 2.45) is 5.73 Å². The molecule has 0 aliphatic carbocycles. The van der Waals surface area contributed by atoms with E-state index >= 15 is 0 Å². The zero-order valence-electron chi connectivity index (χ0n) is 19.2. The van der Waals surface area contributed by atoms with Crippen molar-refractivity contribution in [3.8, 4) is 0 Å². The normalized spacial score (nSPS) is 26.5. The first-order chi connectivity index (χ1) is 16.1. The van der Waals surface area contributed by atoms with Gasteiger partial charge in [-0.3, -0.25) is 4.90 Å². The van der Waals surface area contributed by atoms with Gasteiger partial charge in [-0.2, -0.15) is 5.10 Å². The lowest BCUT2D eigenvalue weighted by Gasteiger charge is -2.40. The SMILES string of the molecule is Cc1cn2nc(C3CCCCN3C(O)C3Cc4ccccc4N3)cc2nc1N1CCC(N)C1. The molecule has 0 amide bonds. The van der Waals surface area contributed by atoms with E-state index in [1.807, 2.05) is 10.6 Å². The second-order valence-corrected chi connectivity index (χ2v) is 9.89. The number of hydrogen-bond donors (Lipinski definition) is 3. The molecule has 8 heteroatoms. The van der Waals surface area contributed by atoms with E-state index in [0.717, 1.165) is 80.1 Å². The third-order valence-electron chi connectivity index (χ3n) is 7.53. The summed E-state index contributed by atoms with van der Waals surface area (Å²) in [7, 11) is 0. The van der Waals surface area contributed by atoms with Crippen LogP contribution in [0.25, 0.3) is 5.65 Å². The maximum absolute atomic E-state index is 11.4. The van der Waals surface area contributed by atoms with Crippen molar-refractivity contribution in [3.05, 3.63) is 53.3 Å². The highest BCUT2D eigenvalue weighted by Gasteiger charge is 2.37. The average molecular weight is 448 g/mol. The van der Waals surface area contributed by atoms with Gasteiger partial charge < -0.3 is 21.1 Å². The van der Waals surface area contributed by atoms with E-state index < -0.39 is 6.23 Å². The van der Waals surface area contributed by atoms with Gasteiger partial charge in [0.15, 0.2) is 5.65 Å². The van der Waals surface area contributed by atoms with E-state index in [-0.39, 0.29) is 18.1 Å². The average Bonchev–Trinajstić information content (AvgIpc) is 3.55. The van der Waals surface area contributed by atoms with Crippen LogP contribution in [0, 0.1) is 6.92 Å². The Bertz CT molecular complexity index is 1140. The number of nitrogens with two attached hydrogens (primary N) is 1. The third-order valence-corrected chi connectivity index (χ3v) is 7.53. The predicted molar refractivity (Wildman–Crippen MR) is 129 cm³/mol. The summed E-state index contributed by atoms with van der Waals surface area (Å²) < 4.78 is 1.90. The molecule has 0 spiro atoms. The number of aliphatic hydroxyl groups excluding tert-OH is 1. The molecule has 3 aliphatic heterocycles. The zero-order chi connectivity index (χ0) is 22.5. The Kier molecular flexibility index (Phi) is 5.24. The molecule has 2 aromatic heterocycles. The van der Waals surface area contributed by atoms with Crippen LogP contribution in [-0.2, 0) is 6.42 Å². The lowest BCUT2D eigenvalue weighted by molar-refractivity contribution is -0.0525. The highest BCUT2D eigenvalue weighted by Crippen LogP contribution is 2.36. The molecule has 3 aromatic rings. The summed E-state index contributed by atoms with van der Waals surface area (Å²) in [5.74, 6) is 1.01. The minimum Gasteiger partial charge on any atom is -0.378 e. The fourth-order valence-electron chi connectivity index (χ4n) is 5.81. The van der Waals surface area contributed by atoms with Gasteiger partial charge in [0.2, 0.25) is 0 Å². The van der Waals surface area contributed by atoms with Crippen LogP contribution in [0.15, 0.2) is 36.5 Å². The molecule has 1 aromatic carbocycles. The maximum Gasteiger partial charge on any atom is 0.157 e. The van der Waals surface area contributed by atoms with E-state index in [0.29, 0.717) is 0 Å². The highest BCUT2D eigenvalue weighted by molar-refractivity contribution is 5.57. The maximum atomic E-state index is 11.4. The van der Waals surface area contributed by atoms with Gasteiger partial charge in [-0.25, -0.2) is 9.50 Å². The lowest BCUT2D eigenvalue weighted by atomic mass is 9.97. The predicted octanol–water partition coefficient (Wildman–Crippen LogP) is 2.46. The van der Waals surface area contributed by atoms with Crippen molar-refractivity contribution >= 4 is 17.2 Å². The fourth-order valence-corrected chi connectivity index (χ4v) is 5.81. The molecular formula is C25H33N7O. The van der Waals surface area contributed by atoms with Gasteiger partial charge >= 0.3 is 0 Å². The van der Waals surface area contributed by atoms with E-state index in [1.54, 1.807) is 0 Å². The van der Waals surface area contributed by atoms with Gasteiger partial charge in [-0.15, -0.1) is 0 Å². The summed E-state index contributed by atoms with van der Waals surface area (Å²) in [5.41, 5.74) is 11.5. The second kappa shape index (κ2) is 8.27. The number of aryl methyl sites for hydroxylation is 1. The molecule has 2 fully saturated rings. The number of piperidine rings is 1. The van der Waals surface area contributed by atoms with Crippen LogP contribution in [0.4, 0.5) is 11.5 Å². The molecular weight excluding hydrogens is 414 g/mol. The number of hydrogen-bond acceptors (Lipinski definition) is 7. The number of para-hydroxylation sites is 1. The van der Waals surface area contributed by atoms with Gasteiger partial charge in [0.25, 0.3) is 0 Å². The molecule has 0 saturated carbocycles. The molecule has 0 bridgehead atoms. The second-order valence-electron chi connectivity index (χ2n) is 9.89. The van der Waals surface area contributed by atoms with Gasteiger partial charge in [0.1, 0.15) is 12.0 Å². The fraction of sp³-hybridized carbons (Fsp3) is 0.520. The van der Waals surface area contributed by atoms with Gasteiger partial charge in [0, 0.05) is 49.2 Å². The number of nitrogens with zero attached hydrogens (tertiary/aromatic N) is 5. The van der Waals surface area contributed by atoms with Crippen molar-refractivity contribution in [2.45, 2.75) is 63.4 Å². The van der Waals surface area contributed by atoms with Crippen LogP contribution in [0.3, 0.4) is 0 Å². The number of likely N-dealkylation sites (tertiary alicyclic amines) is 1. The number of benzene rings is 1. The van der Waals surface area contributed by atoms with Crippen LogP contribution >= 0.6 is 0 Å². The summed E-state index contributed by atoms with van der Waals surface area (Å²) in [6, 6.07) is 10.7. The van der Waals surface area contributed by atoms with Crippen molar-refractivity contribution in [3.63, 3.8) is 0 Å². The quantitative estimate of drug-likeness (QED) is 0.565. The molecule has 33 heavy (non-hydrogen) atoms. The van der Waals surface area contributed by atoms with Crippen molar-refractivity contribution in [2.75, 3.05) is 29.9 Å². The Balaban J connectivity index is 1.27. The number of aromatic nitrogens is 3. The van der Waals surface area contributed by atoms with Crippen molar-refractivity contribution in [1.29, 1.82) is 0 Å². The minimum atomic E-state index is -0.566. The Morgan fingerprint density at radius 2 is 2.06 bits per heavy atom. The van der Waals surface area contributed by atoms with E-state index in [9.17, 15) is 5.11 Å². The molecule has 0 radical (unpaired) electrons. The number of rotatable bonds is 4. The number of anilines is 2. The number of nitrogens with one attached hydrogen (secondary N) is 1. The smallest absolute Gasteiger partial charge is 0.157 e. The summed E-state index contributed by atoms with van der Waals surface area (Å²) in [6.07, 6.45) is 6.58. The van der Waals surface area contributed by atoms with Crippen LogP contribution in [-0.4, -0.2) is 62.6 Å². The first-order valence-corrected chi connectivity index (χ1v) is 12.2. The number of fused-ring (bicyclic) bond motifs is 2. The largest absolute Gasteiger partial charge is 0.378 e. The summed E-state index contributed by atoms with van der Waals surface area (Å²) in [4.78, 5) is 9.48. The van der Waals surface area contributed by atoms with E-state index in [4.69, 9.17) is 15.8 Å². The molecule has 174 valence electrons. The molecule has 8 nitrogen and oxygen atoms in total. The standard InChI is InChI=1S/C25H33N7O/c1-16-14-32-23(28-24(16)30-11-9-18(26)15-30)13-20(29-32)22-8-4-5-10-31(22)25(33)21-12-17-6-2-3-7-19(17)27-21/h2-3,6-7,13-14,18,21-22,25,27,33H,4-5,8-12,15,26H2,1H3. The molecule has 4 unspecified atom stereocenters. The molecule has 5 heterocycles. The topological polar surface area (TPSA) is 94.9 Å². The first-order valence-electron chi connectivity index (χ1n) is 12.2. The summed E-state index contributed by atoms with van der Waals surface area (Å²) in [6.45, 7) is 4.76.